The molecule has 0 aromatic carbocycles. The van der Waals surface area contributed by atoms with Gasteiger partial charge in [-0.25, -0.2) is 4.98 Å². The van der Waals surface area contributed by atoms with E-state index in [9.17, 15) is 0 Å². The zero-order valence-electron chi connectivity index (χ0n) is 12.6. The van der Waals surface area contributed by atoms with Gasteiger partial charge < -0.3 is 10.2 Å². The summed E-state index contributed by atoms with van der Waals surface area (Å²) >= 11 is 0. The van der Waals surface area contributed by atoms with E-state index in [0.29, 0.717) is 6.04 Å². The van der Waals surface area contributed by atoms with Crippen LogP contribution in [0.2, 0.25) is 0 Å². The second kappa shape index (κ2) is 5.87. The Labute approximate surface area is 116 Å². The number of hydrogen-bond acceptors (Lipinski definition) is 4. The Kier molecular flexibility index (Phi) is 4.40. The van der Waals surface area contributed by atoms with Crippen molar-refractivity contribution in [1.82, 2.24) is 15.3 Å². The summed E-state index contributed by atoms with van der Waals surface area (Å²) in [4.78, 5) is 11.5. The molecule has 1 aliphatic heterocycles. The molecular formula is C15H26N4. The maximum atomic E-state index is 4.76. The molecule has 0 aliphatic carbocycles. The largest absolute Gasteiger partial charge is 0.352 e. The molecule has 1 aromatic heterocycles. The molecule has 106 valence electrons. The number of anilines is 1. The first-order valence-electron chi connectivity index (χ1n) is 7.32. The van der Waals surface area contributed by atoms with Crippen molar-refractivity contribution in [2.24, 2.45) is 0 Å². The van der Waals surface area contributed by atoms with E-state index in [4.69, 9.17) is 4.98 Å². The summed E-state index contributed by atoms with van der Waals surface area (Å²) in [5.74, 6) is 1.04. The third kappa shape index (κ3) is 3.90. The van der Waals surface area contributed by atoms with Gasteiger partial charge in [-0.1, -0.05) is 6.92 Å². The molecule has 1 atom stereocenters. The van der Waals surface area contributed by atoms with Gasteiger partial charge in [0, 0.05) is 30.9 Å². The van der Waals surface area contributed by atoms with E-state index >= 15 is 0 Å². The summed E-state index contributed by atoms with van der Waals surface area (Å²) in [6.45, 7) is 10.6. The van der Waals surface area contributed by atoms with Crippen molar-refractivity contribution in [3.8, 4) is 0 Å². The van der Waals surface area contributed by atoms with Gasteiger partial charge in [-0.2, -0.15) is 0 Å². The smallest absolute Gasteiger partial charge is 0.147 e. The predicted molar refractivity (Wildman–Crippen MR) is 79.3 cm³/mol. The highest BCUT2D eigenvalue weighted by atomic mass is 15.2. The number of nitrogens with zero attached hydrogens (tertiary/aromatic N) is 3. The van der Waals surface area contributed by atoms with E-state index in [1.807, 2.05) is 12.4 Å². The second-order valence-corrected chi connectivity index (χ2v) is 6.37. The third-order valence-electron chi connectivity index (χ3n) is 3.61. The van der Waals surface area contributed by atoms with Crippen LogP contribution in [-0.4, -0.2) is 28.1 Å². The van der Waals surface area contributed by atoms with Crippen LogP contribution in [0, 0.1) is 0 Å². The Morgan fingerprint density at radius 3 is 2.84 bits per heavy atom. The van der Waals surface area contributed by atoms with E-state index in [1.54, 1.807) is 0 Å². The number of nitrogens with one attached hydrogen (secondary N) is 1. The summed E-state index contributed by atoms with van der Waals surface area (Å²) in [5, 5.41) is 3.46. The highest BCUT2D eigenvalue weighted by Crippen LogP contribution is 2.25. The molecule has 19 heavy (non-hydrogen) atoms. The van der Waals surface area contributed by atoms with Crippen molar-refractivity contribution in [3.05, 3.63) is 18.1 Å². The minimum absolute atomic E-state index is 0.108. The molecule has 0 amide bonds. The fourth-order valence-corrected chi connectivity index (χ4v) is 2.54. The lowest BCUT2D eigenvalue weighted by atomic mass is 10.1. The second-order valence-electron chi connectivity index (χ2n) is 6.37. The van der Waals surface area contributed by atoms with Gasteiger partial charge in [0.2, 0.25) is 0 Å². The summed E-state index contributed by atoms with van der Waals surface area (Å²) in [6, 6.07) is 0.639. The average molecular weight is 262 g/mol. The third-order valence-corrected chi connectivity index (χ3v) is 3.61. The topological polar surface area (TPSA) is 41.1 Å². The zero-order valence-corrected chi connectivity index (χ0v) is 12.6. The number of hydrogen-bond donors (Lipinski definition) is 1. The Bertz CT molecular complexity index is 411. The fourth-order valence-electron chi connectivity index (χ4n) is 2.54. The molecule has 1 aromatic rings. The lowest BCUT2D eigenvalue weighted by molar-refractivity contribution is 0.421. The van der Waals surface area contributed by atoms with Crippen LogP contribution in [0.1, 0.15) is 52.7 Å². The summed E-state index contributed by atoms with van der Waals surface area (Å²) < 4.78 is 0. The Morgan fingerprint density at radius 2 is 2.16 bits per heavy atom. The van der Waals surface area contributed by atoms with Crippen LogP contribution in [0.25, 0.3) is 0 Å². The van der Waals surface area contributed by atoms with E-state index in [-0.39, 0.29) is 5.54 Å². The van der Waals surface area contributed by atoms with Gasteiger partial charge >= 0.3 is 0 Å². The molecule has 0 bridgehead atoms. The Balaban J connectivity index is 2.06. The minimum Gasteiger partial charge on any atom is -0.352 e. The number of rotatable bonds is 4. The lowest BCUT2D eigenvalue weighted by Gasteiger charge is -2.25. The van der Waals surface area contributed by atoms with Gasteiger partial charge in [0.1, 0.15) is 5.82 Å². The van der Waals surface area contributed by atoms with Crippen LogP contribution >= 0.6 is 0 Å². The van der Waals surface area contributed by atoms with Gasteiger partial charge in [0.05, 0.1) is 11.9 Å². The summed E-state index contributed by atoms with van der Waals surface area (Å²) in [6.07, 6.45) is 7.49. The van der Waals surface area contributed by atoms with Gasteiger partial charge in [0.15, 0.2) is 0 Å². The van der Waals surface area contributed by atoms with Gasteiger partial charge in [-0.15, -0.1) is 0 Å². The van der Waals surface area contributed by atoms with Crippen molar-refractivity contribution in [2.75, 3.05) is 11.4 Å². The van der Waals surface area contributed by atoms with E-state index in [1.165, 1.54) is 19.3 Å². The van der Waals surface area contributed by atoms with Crippen molar-refractivity contribution >= 4 is 5.82 Å². The van der Waals surface area contributed by atoms with Crippen molar-refractivity contribution in [3.63, 3.8) is 0 Å². The van der Waals surface area contributed by atoms with Crippen molar-refractivity contribution in [2.45, 2.75) is 65.1 Å². The first-order chi connectivity index (χ1) is 8.99. The monoisotopic (exact) mass is 262 g/mol. The van der Waals surface area contributed by atoms with E-state index in [0.717, 1.165) is 24.6 Å². The lowest BCUT2D eigenvalue weighted by Crippen LogP contribution is -2.35. The number of aromatic nitrogens is 2. The highest BCUT2D eigenvalue weighted by molar-refractivity contribution is 5.39. The fraction of sp³-hybridized carbons (Fsp3) is 0.733. The van der Waals surface area contributed by atoms with E-state index < -0.39 is 0 Å². The zero-order chi connectivity index (χ0) is 13.9. The summed E-state index contributed by atoms with van der Waals surface area (Å²) in [7, 11) is 0. The normalized spacial score (nSPS) is 20.0. The molecule has 0 saturated carbocycles. The van der Waals surface area contributed by atoms with Crippen molar-refractivity contribution in [1.29, 1.82) is 0 Å². The molecule has 0 radical (unpaired) electrons. The first kappa shape index (κ1) is 14.3. The molecule has 4 heteroatoms. The van der Waals surface area contributed by atoms with E-state index in [2.05, 4.69) is 42.9 Å². The highest BCUT2D eigenvalue weighted by Gasteiger charge is 2.24. The molecule has 4 nitrogen and oxygen atoms in total. The molecular weight excluding hydrogens is 236 g/mol. The maximum Gasteiger partial charge on any atom is 0.147 e. The minimum atomic E-state index is 0.108. The maximum absolute atomic E-state index is 4.76. The molecule has 1 saturated heterocycles. The Morgan fingerprint density at radius 1 is 1.37 bits per heavy atom. The predicted octanol–water partition coefficient (Wildman–Crippen LogP) is 2.74. The average Bonchev–Trinajstić information content (AvgIpc) is 2.84. The van der Waals surface area contributed by atoms with Gasteiger partial charge in [0.25, 0.3) is 0 Å². The molecule has 1 unspecified atom stereocenters. The molecule has 1 fully saturated rings. The summed E-state index contributed by atoms with van der Waals surface area (Å²) in [5.41, 5.74) is 1.13. The van der Waals surface area contributed by atoms with Crippen LogP contribution in [0.15, 0.2) is 12.4 Å². The SMILES string of the molecule is CCC1CCCN1c1cncc(CNC(C)(C)C)n1. The van der Waals surface area contributed by atoms with Crippen LogP contribution in [-0.2, 0) is 6.54 Å². The quantitative estimate of drug-likeness (QED) is 0.906. The Hall–Kier alpha value is -1.16. The first-order valence-corrected chi connectivity index (χ1v) is 7.32. The molecule has 0 spiro atoms. The van der Waals surface area contributed by atoms with Crippen LogP contribution < -0.4 is 10.2 Å². The van der Waals surface area contributed by atoms with Crippen molar-refractivity contribution < 1.29 is 0 Å². The van der Waals surface area contributed by atoms with Crippen LogP contribution in [0.3, 0.4) is 0 Å². The van der Waals surface area contributed by atoms with Crippen LogP contribution in [0.5, 0.6) is 0 Å². The standard InChI is InChI=1S/C15H26N4/c1-5-13-7-6-8-19(13)14-11-16-9-12(18-14)10-17-15(2,3)4/h9,11,13,17H,5-8,10H2,1-4H3. The van der Waals surface area contributed by atoms with Crippen LogP contribution in [0.4, 0.5) is 5.82 Å². The van der Waals surface area contributed by atoms with Gasteiger partial charge in [-0.05, 0) is 40.0 Å². The molecule has 1 aliphatic rings. The molecule has 1 N–H and O–H groups in total. The molecule has 2 heterocycles. The van der Waals surface area contributed by atoms with Gasteiger partial charge in [-0.3, -0.25) is 4.98 Å². The molecule has 2 rings (SSSR count).